The van der Waals surface area contributed by atoms with Crippen LogP contribution in [0.2, 0.25) is 0 Å². The second-order valence-corrected chi connectivity index (χ2v) is 18.2. The summed E-state index contributed by atoms with van der Waals surface area (Å²) in [6.07, 6.45) is 10.6. The molecule has 1 unspecified atom stereocenters. The van der Waals surface area contributed by atoms with Gasteiger partial charge < -0.3 is 24.2 Å². The summed E-state index contributed by atoms with van der Waals surface area (Å²) in [6.45, 7) is 18.6. The topological polar surface area (TPSA) is 17.9 Å². The molecule has 5 nitrogen and oxygen atoms in total. The van der Waals surface area contributed by atoms with Gasteiger partial charge in [-0.3, -0.25) is 0 Å². The number of fused-ring (bicyclic) bond motifs is 5. The van der Waals surface area contributed by atoms with E-state index in [1.54, 1.807) is 0 Å². The molecule has 55 heavy (non-hydrogen) atoms. The fourth-order valence-electron chi connectivity index (χ4n) is 11.4. The van der Waals surface area contributed by atoms with Gasteiger partial charge in [-0.15, -0.1) is 0 Å². The molecule has 2 aliphatic carbocycles. The Hall–Kier alpha value is -4.64. The van der Waals surface area contributed by atoms with Crippen LogP contribution in [0.15, 0.2) is 108 Å². The van der Waals surface area contributed by atoms with Crippen LogP contribution in [0, 0.1) is 11.8 Å². The maximum Gasteiger partial charge on any atom is 0.0949 e. The van der Waals surface area contributed by atoms with Crippen LogP contribution in [0.3, 0.4) is 0 Å². The quantitative estimate of drug-likeness (QED) is 0.179. The fourth-order valence-corrected chi connectivity index (χ4v) is 11.4. The second-order valence-electron chi connectivity index (χ2n) is 18.2. The lowest BCUT2D eigenvalue weighted by atomic mass is 9.68. The number of rotatable bonds is 5. The molecule has 4 heterocycles. The number of allylic oxidation sites excluding steroid dienone is 4. The zero-order chi connectivity index (χ0) is 37.7. The molecule has 3 aliphatic heterocycles. The maximum atomic E-state index is 2.71. The molecule has 1 aromatic heterocycles. The molecule has 1 atom stereocenters. The van der Waals surface area contributed by atoms with Crippen LogP contribution in [0.25, 0.3) is 27.5 Å². The lowest BCUT2D eigenvalue weighted by Gasteiger charge is -2.40. The Morgan fingerprint density at radius 1 is 0.527 bits per heavy atom. The number of aromatic nitrogens is 1. The highest BCUT2D eigenvalue weighted by Crippen LogP contribution is 2.52. The molecule has 5 aromatic rings. The molecule has 5 aliphatic rings. The molecule has 284 valence electrons. The van der Waals surface area contributed by atoms with E-state index in [4.69, 9.17) is 0 Å². The first-order valence-electron chi connectivity index (χ1n) is 21.3. The minimum atomic E-state index is -0.373. The van der Waals surface area contributed by atoms with Crippen molar-refractivity contribution in [3.8, 4) is 5.69 Å². The number of para-hydroxylation sites is 2. The van der Waals surface area contributed by atoms with Gasteiger partial charge in [0.2, 0.25) is 0 Å². The van der Waals surface area contributed by atoms with Gasteiger partial charge in [0.15, 0.2) is 0 Å². The molecule has 0 radical (unpaired) electrons. The van der Waals surface area contributed by atoms with Gasteiger partial charge in [-0.05, 0) is 151 Å². The lowest BCUT2D eigenvalue weighted by molar-refractivity contribution is 0.190. The molecule has 4 aromatic carbocycles. The lowest BCUT2D eigenvalue weighted by Crippen LogP contribution is -2.38. The van der Waals surface area contributed by atoms with E-state index in [0.29, 0.717) is 12.1 Å². The van der Waals surface area contributed by atoms with Gasteiger partial charge in [-0.2, -0.15) is 0 Å². The van der Waals surface area contributed by atoms with E-state index in [0.717, 1.165) is 25.2 Å². The van der Waals surface area contributed by atoms with Gasteiger partial charge >= 0.3 is 0 Å². The van der Waals surface area contributed by atoms with Gasteiger partial charge in [0, 0.05) is 62.4 Å². The highest BCUT2D eigenvalue weighted by Gasteiger charge is 2.42. The molecule has 10 rings (SSSR count). The van der Waals surface area contributed by atoms with Crippen molar-refractivity contribution in [1.29, 1.82) is 0 Å². The highest BCUT2D eigenvalue weighted by atomic mass is 15.4. The van der Waals surface area contributed by atoms with Gasteiger partial charge in [-0.25, -0.2) is 0 Å². The van der Waals surface area contributed by atoms with Crippen LogP contribution in [0.1, 0.15) is 117 Å². The normalized spacial score (nSPS) is 27.0. The number of benzene rings is 4. The number of hydrogen-bond acceptors (Lipinski definition) is 4. The summed E-state index contributed by atoms with van der Waals surface area (Å²) in [5.41, 5.74) is 15.9. The summed E-state index contributed by atoms with van der Waals surface area (Å²) in [6, 6.07) is 34.3. The van der Waals surface area contributed by atoms with Gasteiger partial charge in [0.05, 0.1) is 30.1 Å². The van der Waals surface area contributed by atoms with Crippen molar-refractivity contribution in [2.45, 2.75) is 117 Å². The van der Waals surface area contributed by atoms with Crippen LogP contribution in [-0.2, 0) is 5.41 Å². The summed E-state index contributed by atoms with van der Waals surface area (Å²) in [7, 11) is 0. The average molecular weight is 730 g/mol. The first kappa shape index (κ1) is 34.8. The zero-order valence-electron chi connectivity index (χ0n) is 34.2. The van der Waals surface area contributed by atoms with Crippen LogP contribution in [0.4, 0.5) is 11.4 Å². The molecule has 0 amide bonds. The zero-order valence-corrected chi connectivity index (χ0v) is 34.2. The largest absolute Gasteiger partial charge is 0.353 e. The van der Waals surface area contributed by atoms with Crippen LogP contribution in [-0.4, -0.2) is 39.8 Å². The summed E-state index contributed by atoms with van der Waals surface area (Å²) in [5.74, 6) is 1.71. The van der Waals surface area contributed by atoms with Crippen LogP contribution in [0.5, 0.6) is 0 Å². The van der Waals surface area contributed by atoms with Crippen molar-refractivity contribution in [2.75, 3.05) is 23.1 Å². The van der Waals surface area contributed by atoms with E-state index >= 15 is 0 Å². The van der Waals surface area contributed by atoms with Crippen LogP contribution >= 0.6 is 0 Å². The van der Waals surface area contributed by atoms with Crippen molar-refractivity contribution in [2.24, 2.45) is 11.8 Å². The molecular weight excluding hydrogens is 671 g/mol. The fraction of sp³-hybridized carbons (Fsp3) is 0.440. The Labute approximate surface area is 328 Å². The molecule has 2 saturated carbocycles. The number of hydrogen-bond donors (Lipinski definition) is 0. The SMILES string of the molecule is CC1=C(C)N(C2CCC(C)CC2)CN1c1cccc(C2(C)c3cc(N4CN(C5CCC(C)CC5)C(C)=C4C)ccc3-n3c4ccccc4c4cccc2c43)c1. The average Bonchev–Trinajstić information content (AvgIpc) is 3.82. The van der Waals surface area contributed by atoms with Crippen molar-refractivity contribution >= 4 is 33.2 Å². The Morgan fingerprint density at radius 2 is 1.09 bits per heavy atom. The summed E-state index contributed by atoms with van der Waals surface area (Å²) in [4.78, 5) is 10.6. The van der Waals surface area contributed by atoms with Crippen molar-refractivity contribution in [1.82, 2.24) is 14.4 Å². The predicted octanol–water partition coefficient (Wildman–Crippen LogP) is 12.3. The molecule has 0 saturated heterocycles. The van der Waals surface area contributed by atoms with Gasteiger partial charge in [-0.1, -0.05) is 62.4 Å². The van der Waals surface area contributed by atoms with E-state index in [1.807, 2.05) is 0 Å². The van der Waals surface area contributed by atoms with Crippen LogP contribution < -0.4 is 9.80 Å². The number of nitrogens with zero attached hydrogens (tertiary/aromatic N) is 5. The first-order chi connectivity index (χ1) is 26.6. The summed E-state index contributed by atoms with van der Waals surface area (Å²) < 4.78 is 2.57. The first-order valence-corrected chi connectivity index (χ1v) is 21.3. The van der Waals surface area contributed by atoms with E-state index in [1.165, 1.54) is 130 Å². The minimum Gasteiger partial charge on any atom is -0.353 e. The third-order valence-corrected chi connectivity index (χ3v) is 15.2. The highest BCUT2D eigenvalue weighted by molar-refractivity contribution is 6.11. The van der Waals surface area contributed by atoms with E-state index in [9.17, 15) is 0 Å². The molecule has 0 spiro atoms. The Morgan fingerprint density at radius 3 is 1.73 bits per heavy atom. The molecular formula is C50H59N5. The van der Waals surface area contributed by atoms with Crippen molar-refractivity contribution in [3.63, 3.8) is 0 Å². The molecule has 5 heteroatoms. The molecule has 0 N–H and O–H groups in total. The van der Waals surface area contributed by atoms with E-state index in [-0.39, 0.29) is 5.41 Å². The van der Waals surface area contributed by atoms with E-state index in [2.05, 4.69) is 158 Å². The minimum absolute atomic E-state index is 0.373. The van der Waals surface area contributed by atoms with Gasteiger partial charge in [0.1, 0.15) is 0 Å². The van der Waals surface area contributed by atoms with Crippen molar-refractivity contribution in [3.05, 3.63) is 124 Å². The monoisotopic (exact) mass is 729 g/mol. The predicted molar refractivity (Wildman–Crippen MR) is 231 cm³/mol. The Kier molecular flexibility index (Phi) is 8.21. The standard InChI is InChI=1S/C50H59N5/c1-32-18-22-39(23-19-32)51-30-53(36(5)34(51)3)41-13-10-12-38(28-41)50(7)45-16-11-15-44-43-14-8-9-17-47(43)55(49(44)45)48-27-26-42(29-46(48)50)54-31-52(35(4)37(54)6)40-24-20-33(2)21-25-40/h8-17,26-29,32-33,39-40H,18-25,30-31H2,1-7H3. The van der Waals surface area contributed by atoms with Gasteiger partial charge in [0.25, 0.3) is 0 Å². The second kappa shape index (κ2) is 13.0. The maximum absolute atomic E-state index is 2.71. The Balaban J connectivity index is 1.10. The summed E-state index contributed by atoms with van der Waals surface area (Å²) >= 11 is 0. The van der Waals surface area contributed by atoms with E-state index < -0.39 is 0 Å². The molecule has 0 bridgehead atoms. The smallest absolute Gasteiger partial charge is 0.0949 e. The van der Waals surface area contributed by atoms with Crippen molar-refractivity contribution < 1.29 is 0 Å². The third kappa shape index (κ3) is 5.24. The summed E-state index contributed by atoms with van der Waals surface area (Å²) in [5, 5.41) is 2.66. The third-order valence-electron chi connectivity index (χ3n) is 15.2. The number of anilines is 2. The Bertz CT molecular complexity index is 2380. The molecule has 2 fully saturated rings.